The zero-order valence-corrected chi connectivity index (χ0v) is 25.3. The lowest BCUT2D eigenvalue weighted by molar-refractivity contribution is -0.609. The Kier molecular flexibility index (Phi) is 7.80. The largest absolute Gasteiger partial charge is 0.348 e. The van der Waals surface area contributed by atoms with Crippen molar-refractivity contribution >= 4 is 39.2 Å². The third-order valence-corrected chi connectivity index (χ3v) is 9.51. The number of nitrogens with one attached hydrogen (secondary N) is 3. The highest BCUT2D eigenvalue weighted by Crippen LogP contribution is 2.49. The molecule has 0 radical (unpaired) electrons. The van der Waals surface area contributed by atoms with Crippen molar-refractivity contribution in [2.45, 2.75) is 31.4 Å². The number of hydrogen-bond donors (Lipinski definition) is 4. The van der Waals surface area contributed by atoms with E-state index in [-0.39, 0.29) is 23.6 Å². The zero-order valence-electron chi connectivity index (χ0n) is 24.5. The molecule has 0 spiro atoms. The van der Waals surface area contributed by atoms with E-state index in [1.165, 1.54) is 11.3 Å². The molecule has 0 saturated heterocycles. The van der Waals surface area contributed by atoms with Gasteiger partial charge >= 0.3 is 5.92 Å². The molecule has 15 heteroatoms. The van der Waals surface area contributed by atoms with Crippen molar-refractivity contribution in [1.82, 2.24) is 20.6 Å². The summed E-state index contributed by atoms with van der Waals surface area (Å²) in [7, 11) is 0. The molecule has 2 aromatic heterocycles. The normalized spacial score (nSPS) is 19.4. The Morgan fingerprint density at radius 1 is 1.10 bits per heavy atom. The standard InChI is InChI=1S/C33H22F6N6O2S/c34-17-7-14(8-18(35)11-17)9-23(43-25(46)13-41-28-26(27(40)29(36)37)19-3-4-21(19)33(28,38)39)22-5-6-24-30(44-22)45-32(48-24)15-1-2-16-12-42-31(47)20(16)10-15/h1-2,5-8,10-11,19,21,23,29,40-41H,9,12-13H2,(H,42,47)(H,43,46)/p+1/t19-,21+,23?/m0/s1. The van der Waals surface area contributed by atoms with Crippen molar-refractivity contribution in [2.75, 3.05) is 6.54 Å². The lowest BCUT2D eigenvalue weighted by Crippen LogP contribution is -2.87. The topological polar surface area (TPSA) is 124 Å². The number of fused-ring (bicyclic) bond motifs is 3. The van der Waals surface area contributed by atoms with Gasteiger partial charge in [0.1, 0.15) is 28.3 Å². The first-order valence-corrected chi connectivity index (χ1v) is 15.5. The number of amides is 2. The summed E-state index contributed by atoms with van der Waals surface area (Å²) in [6.45, 7) is -0.233. The van der Waals surface area contributed by atoms with Crippen LogP contribution in [0.15, 0.2) is 59.8 Å². The third kappa shape index (κ3) is 5.60. The molecule has 3 heterocycles. The molecule has 2 amide bonds. The van der Waals surface area contributed by atoms with Crippen LogP contribution in [0, 0.1) is 40.7 Å². The fourth-order valence-corrected chi connectivity index (χ4v) is 7.02. The number of benzene rings is 2. The molecule has 5 N–H and O–H groups in total. The number of quaternary nitrogens is 1. The summed E-state index contributed by atoms with van der Waals surface area (Å²) in [4.78, 5) is 34.6. The van der Waals surface area contributed by atoms with Gasteiger partial charge in [0.05, 0.1) is 27.9 Å². The smallest absolute Gasteiger partial charge is 0.335 e. The second-order valence-corrected chi connectivity index (χ2v) is 12.6. The number of alkyl halides is 4. The molecular formula is C33H23F6N6O2S+. The average molecular weight is 682 g/mol. The van der Waals surface area contributed by atoms with Gasteiger partial charge in [0.2, 0.25) is 0 Å². The number of carbonyl (C=O) groups is 2. The minimum atomic E-state index is -3.64. The molecule has 0 fully saturated rings. The van der Waals surface area contributed by atoms with Crippen LogP contribution in [-0.4, -0.2) is 46.4 Å². The summed E-state index contributed by atoms with van der Waals surface area (Å²) >= 11 is 1.32. The zero-order chi connectivity index (χ0) is 33.9. The Balaban J connectivity index is 1.16. The van der Waals surface area contributed by atoms with Crippen LogP contribution in [0.5, 0.6) is 0 Å². The highest BCUT2D eigenvalue weighted by Gasteiger charge is 2.62. The van der Waals surface area contributed by atoms with Crippen LogP contribution in [0.2, 0.25) is 0 Å². The highest BCUT2D eigenvalue weighted by molar-refractivity contribution is 7.21. The number of rotatable bonds is 10. The van der Waals surface area contributed by atoms with E-state index in [4.69, 9.17) is 5.41 Å². The molecule has 3 atom stereocenters. The molecule has 7 rings (SSSR count). The Bertz CT molecular complexity index is 2120. The number of halogens is 6. The van der Waals surface area contributed by atoms with Crippen LogP contribution >= 0.6 is 11.3 Å². The van der Waals surface area contributed by atoms with E-state index < -0.39 is 71.3 Å². The van der Waals surface area contributed by atoms with Gasteiger partial charge in [-0.1, -0.05) is 24.0 Å². The molecule has 2 aliphatic carbocycles. The maximum Gasteiger partial charge on any atom is 0.335 e. The Morgan fingerprint density at radius 3 is 2.58 bits per heavy atom. The number of aromatic nitrogens is 2. The fourth-order valence-electron chi connectivity index (χ4n) is 6.12. The lowest BCUT2D eigenvalue weighted by Gasteiger charge is -2.22. The second-order valence-electron chi connectivity index (χ2n) is 11.6. The predicted octanol–water partition coefficient (Wildman–Crippen LogP) is 4.28. The molecule has 0 bridgehead atoms. The lowest BCUT2D eigenvalue weighted by atomic mass is 9.82. The van der Waals surface area contributed by atoms with Crippen LogP contribution in [0.25, 0.3) is 20.9 Å². The van der Waals surface area contributed by atoms with E-state index in [1.54, 1.807) is 18.2 Å². The molecule has 2 aromatic carbocycles. The summed E-state index contributed by atoms with van der Waals surface area (Å²) in [5.74, 6) is -4.40. The number of allylic oxidation sites excluding steroid dienone is 2. The Labute approximate surface area is 272 Å². The van der Waals surface area contributed by atoms with Gasteiger partial charge in [-0.3, -0.25) is 15.0 Å². The van der Waals surface area contributed by atoms with E-state index in [9.17, 15) is 27.2 Å². The van der Waals surface area contributed by atoms with E-state index >= 15 is 8.78 Å². The Hall–Kier alpha value is -5.07. The number of pyridine rings is 1. The van der Waals surface area contributed by atoms with Gasteiger partial charge in [0, 0.05) is 23.7 Å². The van der Waals surface area contributed by atoms with Crippen molar-refractivity contribution in [1.29, 1.82) is 5.41 Å². The summed E-state index contributed by atoms with van der Waals surface area (Å²) in [5.41, 5.74) is 0.146. The van der Waals surface area contributed by atoms with Crippen LogP contribution in [-0.2, 0) is 17.8 Å². The van der Waals surface area contributed by atoms with Gasteiger partial charge in [-0.05, 0) is 47.9 Å². The average Bonchev–Trinajstić information content (AvgIpc) is 3.64. The van der Waals surface area contributed by atoms with Gasteiger partial charge < -0.3 is 16.0 Å². The van der Waals surface area contributed by atoms with Crippen LogP contribution in [0.1, 0.15) is 33.2 Å². The molecule has 1 aliphatic heterocycles. The minimum absolute atomic E-state index is 0.145. The quantitative estimate of drug-likeness (QED) is 0.113. The van der Waals surface area contributed by atoms with Gasteiger partial charge in [-0.2, -0.15) is 8.78 Å². The first-order valence-electron chi connectivity index (χ1n) is 14.7. The van der Waals surface area contributed by atoms with E-state index in [2.05, 4.69) is 32.4 Å². The number of thiazole rings is 1. The van der Waals surface area contributed by atoms with E-state index in [0.29, 0.717) is 39.1 Å². The number of carbonyl (C=O) groups excluding carboxylic acids is 2. The maximum atomic E-state index is 15.1. The van der Waals surface area contributed by atoms with Crippen molar-refractivity contribution in [3.05, 3.63) is 93.8 Å². The monoisotopic (exact) mass is 681 g/mol. The summed E-state index contributed by atoms with van der Waals surface area (Å²) < 4.78 is 85.8. The van der Waals surface area contributed by atoms with Crippen molar-refractivity contribution in [2.24, 2.45) is 11.8 Å². The van der Waals surface area contributed by atoms with Crippen molar-refractivity contribution in [3.8, 4) is 22.4 Å². The Morgan fingerprint density at radius 2 is 1.88 bits per heavy atom. The SMILES string of the molecule is N=C(C1=C([NH2+]CC(=O)NC(Cc2cc(F)cc(F)c2)c2ccc3sc(-c4ccc5c(c4)C(=O)NC5)nc3n2)C(F)(F)[C@@H]2C#C[C@H]12)C(F)F. The fraction of sp³-hybridized carbons (Fsp3) is 0.242. The van der Waals surface area contributed by atoms with Crippen molar-refractivity contribution in [3.63, 3.8) is 0 Å². The second kappa shape index (κ2) is 11.9. The van der Waals surface area contributed by atoms with Crippen LogP contribution in [0.4, 0.5) is 26.3 Å². The molecule has 0 saturated carbocycles. The molecule has 8 nitrogen and oxygen atoms in total. The van der Waals surface area contributed by atoms with E-state index in [1.807, 2.05) is 12.1 Å². The van der Waals surface area contributed by atoms with Crippen LogP contribution < -0.4 is 16.0 Å². The van der Waals surface area contributed by atoms with Gasteiger partial charge in [0.25, 0.3) is 18.2 Å². The maximum absolute atomic E-state index is 15.1. The number of nitrogens with zero attached hydrogens (tertiary/aromatic N) is 2. The molecule has 3 aliphatic rings. The summed E-state index contributed by atoms with van der Waals surface area (Å²) in [6, 6.07) is 10.6. The first-order chi connectivity index (χ1) is 22.9. The molecule has 48 heavy (non-hydrogen) atoms. The minimum Gasteiger partial charge on any atom is -0.348 e. The summed E-state index contributed by atoms with van der Waals surface area (Å²) in [6.07, 6.45) is -3.45. The van der Waals surface area contributed by atoms with E-state index in [0.717, 1.165) is 23.0 Å². The molecule has 244 valence electrons. The molecular weight excluding hydrogens is 658 g/mol. The molecule has 4 aromatic rings. The molecule has 1 unspecified atom stereocenters. The van der Waals surface area contributed by atoms with Gasteiger partial charge in [0.15, 0.2) is 17.9 Å². The summed E-state index contributed by atoms with van der Waals surface area (Å²) in [5, 5.41) is 14.5. The predicted molar refractivity (Wildman–Crippen MR) is 162 cm³/mol. The van der Waals surface area contributed by atoms with Crippen molar-refractivity contribution < 1.29 is 41.2 Å². The first kappa shape index (κ1) is 31.5. The third-order valence-electron chi connectivity index (χ3n) is 8.45. The number of nitrogens with two attached hydrogens (primary N) is 1. The van der Waals surface area contributed by atoms with Gasteiger partial charge in [-0.25, -0.2) is 27.5 Å². The number of hydrogen-bond acceptors (Lipinski definition) is 6. The van der Waals surface area contributed by atoms with Gasteiger partial charge in [-0.15, -0.1) is 11.3 Å². The van der Waals surface area contributed by atoms with Crippen LogP contribution in [0.3, 0.4) is 0 Å². The highest BCUT2D eigenvalue weighted by atomic mass is 32.1.